The summed E-state index contributed by atoms with van der Waals surface area (Å²) in [6.45, 7) is 9.37. The van der Waals surface area contributed by atoms with Crippen molar-refractivity contribution in [2.45, 2.75) is 45.8 Å². The molecule has 1 atom stereocenters. The molecule has 0 aromatic carbocycles. The van der Waals surface area contributed by atoms with Crippen molar-refractivity contribution in [1.82, 2.24) is 5.32 Å². The lowest BCUT2D eigenvalue weighted by Gasteiger charge is -2.32. The average molecular weight is 215 g/mol. The second-order valence-electron chi connectivity index (χ2n) is 5.39. The molecule has 0 bridgehead atoms. The molecule has 0 aliphatic carbocycles. The molecule has 1 aliphatic heterocycles. The van der Waals surface area contributed by atoms with Crippen LogP contribution in [0.3, 0.4) is 0 Å². The molecule has 1 heterocycles. The molecule has 0 radical (unpaired) electrons. The monoisotopic (exact) mass is 215 g/mol. The Morgan fingerprint density at radius 1 is 1.33 bits per heavy atom. The zero-order chi connectivity index (χ0) is 11.3. The molecule has 1 rings (SSSR count). The molecule has 15 heavy (non-hydrogen) atoms. The van der Waals surface area contributed by atoms with Crippen molar-refractivity contribution >= 4 is 0 Å². The van der Waals surface area contributed by atoms with E-state index in [1.165, 1.54) is 0 Å². The van der Waals surface area contributed by atoms with Gasteiger partial charge >= 0.3 is 0 Å². The highest BCUT2D eigenvalue weighted by Crippen LogP contribution is 2.21. The van der Waals surface area contributed by atoms with Crippen molar-refractivity contribution in [2.24, 2.45) is 5.41 Å². The molecule has 1 N–H and O–H groups in total. The molecule has 1 saturated heterocycles. The molecular weight excluding hydrogens is 190 g/mol. The van der Waals surface area contributed by atoms with E-state index in [0.717, 1.165) is 32.6 Å². The smallest absolute Gasteiger partial charge is 0.0743 e. The van der Waals surface area contributed by atoms with Gasteiger partial charge in [0.1, 0.15) is 0 Å². The number of rotatable bonds is 4. The molecule has 1 fully saturated rings. The largest absolute Gasteiger partial charge is 0.381 e. The summed E-state index contributed by atoms with van der Waals surface area (Å²) in [5, 5.41) is 3.57. The summed E-state index contributed by atoms with van der Waals surface area (Å²) in [5.41, 5.74) is 0.201. The van der Waals surface area contributed by atoms with E-state index in [9.17, 15) is 0 Å². The van der Waals surface area contributed by atoms with E-state index in [1.807, 2.05) is 0 Å². The highest BCUT2D eigenvalue weighted by molar-refractivity contribution is 4.79. The van der Waals surface area contributed by atoms with Gasteiger partial charge in [-0.1, -0.05) is 20.8 Å². The Labute approximate surface area is 93.5 Å². The topological polar surface area (TPSA) is 30.5 Å². The minimum Gasteiger partial charge on any atom is -0.381 e. The fourth-order valence-electron chi connectivity index (χ4n) is 1.92. The maximum absolute atomic E-state index is 5.51. The van der Waals surface area contributed by atoms with Gasteiger partial charge in [-0.15, -0.1) is 0 Å². The molecule has 0 spiro atoms. The van der Waals surface area contributed by atoms with E-state index in [0.29, 0.717) is 6.04 Å². The summed E-state index contributed by atoms with van der Waals surface area (Å²) in [4.78, 5) is 0. The van der Waals surface area contributed by atoms with Crippen LogP contribution in [0.1, 0.15) is 33.6 Å². The Morgan fingerprint density at radius 3 is 2.40 bits per heavy atom. The summed E-state index contributed by atoms with van der Waals surface area (Å²) in [6.07, 6.45) is 2.53. The van der Waals surface area contributed by atoms with Gasteiger partial charge in [-0.25, -0.2) is 0 Å². The maximum Gasteiger partial charge on any atom is 0.0743 e. The van der Waals surface area contributed by atoms with Crippen molar-refractivity contribution in [1.29, 1.82) is 0 Å². The van der Waals surface area contributed by atoms with Crippen LogP contribution >= 0.6 is 0 Å². The minimum atomic E-state index is 0.201. The summed E-state index contributed by atoms with van der Waals surface area (Å²) in [7, 11) is 1.79. The van der Waals surface area contributed by atoms with Crippen LogP contribution in [0.2, 0.25) is 0 Å². The Bertz CT molecular complexity index is 171. The Kier molecular flexibility index (Phi) is 5.03. The van der Waals surface area contributed by atoms with Crippen LogP contribution in [0.25, 0.3) is 0 Å². The fourth-order valence-corrected chi connectivity index (χ4v) is 1.92. The molecule has 3 nitrogen and oxygen atoms in total. The van der Waals surface area contributed by atoms with Gasteiger partial charge in [-0.2, -0.15) is 0 Å². The second kappa shape index (κ2) is 5.83. The highest BCUT2D eigenvalue weighted by atomic mass is 16.5. The summed E-state index contributed by atoms with van der Waals surface area (Å²) >= 11 is 0. The van der Waals surface area contributed by atoms with Crippen molar-refractivity contribution in [3.8, 4) is 0 Å². The number of hydrogen-bond donors (Lipinski definition) is 1. The highest BCUT2D eigenvalue weighted by Gasteiger charge is 2.25. The molecule has 3 heteroatoms. The molecule has 0 aromatic rings. The Morgan fingerprint density at radius 2 is 1.93 bits per heavy atom. The first kappa shape index (κ1) is 12.9. The van der Waals surface area contributed by atoms with Gasteiger partial charge in [0.2, 0.25) is 0 Å². The van der Waals surface area contributed by atoms with E-state index < -0.39 is 0 Å². The van der Waals surface area contributed by atoms with E-state index in [4.69, 9.17) is 9.47 Å². The number of nitrogens with one attached hydrogen (secondary N) is 1. The first-order valence-corrected chi connectivity index (χ1v) is 5.88. The Hall–Kier alpha value is -0.120. The van der Waals surface area contributed by atoms with Gasteiger partial charge in [0.25, 0.3) is 0 Å². The Balaban J connectivity index is 2.27. The molecular formula is C12H25NO2. The van der Waals surface area contributed by atoms with Crippen LogP contribution < -0.4 is 5.32 Å². The first-order valence-electron chi connectivity index (χ1n) is 5.88. The normalized spacial score (nSPS) is 21.6. The SMILES string of the molecule is COC(CNC1CCOCC1)C(C)(C)C. The predicted octanol–water partition coefficient (Wildman–Crippen LogP) is 1.82. The number of ether oxygens (including phenoxy) is 2. The summed E-state index contributed by atoms with van der Waals surface area (Å²) < 4.78 is 10.8. The number of methoxy groups -OCH3 is 1. The zero-order valence-corrected chi connectivity index (χ0v) is 10.5. The minimum absolute atomic E-state index is 0.201. The lowest BCUT2D eigenvalue weighted by molar-refractivity contribution is 0.0101. The lowest BCUT2D eigenvalue weighted by Crippen LogP contribution is -2.44. The zero-order valence-electron chi connectivity index (χ0n) is 10.5. The van der Waals surface area contributed by atoms with E-state index in [-0.39, 0.29) is 11.5 Å². The number of hydrogen-bond acceptors (Lipinski definition) is 3. The summed E-state index contributed by atoms with van der Waals surface area (Å²) in [5.74, 6) is 0. The molecule has 0 saturated carbocycles. The second-order valence-corrected chi connectivity index (χ2v) is 5.39. The quantitative estimate of drug-likeness (QED) is 0.776. The van der Waals surface area contributed by atoms with Crippen LogP contribution in [-0.4, -0.2) is 39.0 Å². The molecule has 1 unspecified atom stereocenters. The average Bonchev–Trinajstić information content (AvgIpc) is 2.18. The van der Waals surface area contributed by atoms with Gasteiger partial charge in [0, 0.05) is 32.9 Å². The van der Waals surface area contributed by atoms with Gasteiger partial charge in [0.15, 0.2) is 0 Å². The van der Waals surface area contributed by atoms with Gasteiger partial charge in [-0.3, -0.25) is 0 Å². The van der Waals surface area contributed by atoms with Gasteiger partial charge in [0.05, 0.1) is 6.10 Å². The molecule has 0 amide bonds. The van der Waals surface area contributed by atoms with E-state index in [2.05, 4.69) is 26.1 Å². The van der Waals surface area contributed by atoms with Crippen molar-refractivity contribution in [3.63, 3.8) is 0 Å². The van der Waals surface area contributed by atoms with Crippen LogP contribution in [0.4, 0.5) is 0 Å². The first-order chi connectivity index (χ1) is 7.04. The standard InChI is InChI=1S/C12H25NO2/c1-12(2,3)11(14-4)9-13-10-5-7-15-8-6-10/h10-11,13H,5-9H2,1-4H3. The van der Waals surface area contributed by atoms with Crippen LogP contribution in [-0.2, 0) is 9.47 Å². The van der Waals surface area contributed by atoms with Crippen LogP contribution in [0, 0.1) is 5.41 Å². The van der Waals surface area contributed by atoms with Crippen molar-refractivity contribution < 1.29 is 9.47 Å². The van der Waals surface area contributed by atoms with E-state index in [1.54, 1.807) is 7.11 Å². The molecule has 1 aliphatic rings. The van der Waals surface area contributed by atoms with Crippen LogP contribution in [0.15, 0.2) is 0 Å². The van der Waals surface area contributed by atoms with E-state index >= 15 is 0 Å². The predicted molar refractivity (Wildman–Crippen MR) is 62.1 cm³/mol. The third kappa shape index (κ3) is 4.49. The van der Waals surface area contributed by atoms with Gasteiger partial charge in [-0.05, 0) is 18.3 Å². The maximum atomic E-state index is 5.51. The van der Waals surface area contributed by atoms with Crippen molar-refractivity contribution in [2.75, 3.05) is 26.9 Å². The lowest BCUT2D eigenvalue weighted by atomic mass is 9.88. The van der Waals surface area contributed by atoms with Gasteiger partial charge < -0.3 is 14.8 Å². The van der Waals surface area contributed by atoms with Crippen LogP contribution in [0.5, 0.6) is 0 Å². The third-order valence-electron chi connectivity index (χ3n) is 3.06. The third-order valence-corrected chi connectivity index (χ3v) is 3.06. The molecule has 90 valence electrons. The molecule has 0 aromatic heterocycles. The fraction of sp³-hybridized carbons (Fsp3) is 1.00. The van der Waals surface area contributed by atoms with Crippen molar-refractivity contribution in [3.05, 3.63) is 0 Å². The summed E-state index contributed by atoms with van der Waals surface area (Å²) in [6, 6.07) is 0.610.